The van der Waals surface area contributed by atoms with Crippen molar-refractivity contribution in [1.82, 2.24) is 9.97 Å². The lowest BCUT2D eigenvalue weighted by molar-refractivity contribution is 0.112. The number of carbonyl (C=O) groups is 1. The second-order valence-corrected chi connectivity index (χ2v) is 3.73. The van der Waals surface area contributed by atoms with Crippen molar-refractivity contribution < 1.29 is 4.79 Å². The number of nitrogens with zero attached hydrogens (tertiary/aromatic N) is 1. The highest BCUT2D eigenvalue weighted by molar-refractivity contribution is 6.42. The zero-order valence-corrected chi connectivity index (χ0v) is 9.01. The zero-order valence-electron chi connectivity index (χ0n) is 7.50. The monoisotopic (exact) mass is 240 g/mol. The summed E-state index contributed by atoms with van der Waals surface area (Å²) in [6.45, 7) is 0. The number of halogens is 2. The highest BCUT2D eigenvalue weighted by Gasteiger charge is 2.08. The molecule has 1 aromatic heterocycles. The average Bonchev–Trinajstić information content (AvgIpc) is 2.70. The van der Waals surface area contributed by atoms with Gasteiger partial charge in [-0.05, 0) is 12.1 Å². The molecular formula is C10H6Cl2N2O. The molecule has 0 aliphatic carbocycles. The molecule has 0 fully saturated rings. The van der Waals surface area contributed by atoms with Crippen LogP contribution < -0.4 is 0 Å². The van der Waals surface area contributed by atoms with Crippen molar-refractivity contribution in [2.24, 2.45) is 0 Å². The minimum Gasteiger partial charge on any atom is -0.342 e. The molecule has 0 unspecified atom stereocenters. The summed E-state index contributed by atoms with van der Waals surface area (Å²) in [6.07, 6.45) is 2.17. The van der Waals surface area contributed by atoms with Crippen molar-refractivity contribution in [3.8, 4) is 11.3 Å². The summed E-state index contributed by atoms with van der Waals surface area (Å²) in [6, 6.07) is 5.10. The molecule has 0 aliphatic heterocycles. The van der Waals surface area contributed by atoms with Gasteiger partial charge < -0.3 is 4.98 Å². The van der Waals surface area contributed by atoms with E-state index in [0.717, 1.165) is 5.56 Å². The number of nitrogens with one attached hydrogen (secondary N) is 1. The van der Waals surface area contributed by atoms with Crippen LogP contribution in [0.5, 0.6) is 0 Å². The van der Waals surface area contributed by atoms with Crippen molar-refractivity contribution in [2.75, 3.05) is 0 Å². The van der Waals surface area contributed by atoms with Crippen LogP contribution in [0, 0.1) is 0 Å². The molecule has 0 spiro atoms. The molecule has 0 saturated carbocycles. The Morgan fingerprint density at radius 2 is 2.07 bits per heavy atom. The van der Waals surface area contributed by atoms with E-state index in [4.69, 9.17) is 23.2 Å². The predicted octanol–water partition coefficient (Wildman–Crippen LogP) is 3.20. The second kappa shape index (κ2) is 4.04. The van der Waals surface area contributed by atoms with Gasteiger partial charge in [0.15, 0.2) is 6.29 Å². The van der Waals surface area contributed by atoms with Gasteiger partial charge in [0.25, 0.3) is 0 Å². The number of aromatic nitrogens is 2. The number of aromatic amines is 1. The SMILES string of the molecule is O=Cc1[nH]cnc1-c1ccc(Cl)c(Cl)c1. The quantitative estimate of drug-likeness (QED) is 0.820. The van der Waals surface area contributed by atoms with Crippen molar-refractivity contribution in [1.29, 1.82) is 0 Å². The van der Waals surface area contributed by atoms with Gasteiger partial charge in [-0.1, -0.05) is 29.3 Å². The van der Waals surface area contributed by atoms with Gasteiger partial charge in [0, 0.05) is 5.56 Å². The Labute approximate surface area is 96.1 Å². The fraction of sp³-hybridized carbons (Fsp3) is 0. The van der Waals surface area contributed by atoms with Crippen LogP contribution in [0.4, 0.5) is 0 Å². The molecule has 3 nitrogen and oxygen atoms in total. The summed E-state index contributed by atoms with van der Waals surface area (Å²) in [4.78, 5) is 17.5. The Hall–Kier alpha value is -1.32. The Morgan fingerprint density at radius 1 is 1.27 bits per heavy atom. The highest BCUT2D eigenvalue weighted by Crippen LogP contribution is 2.28. The summed E-state index contributed by atoms with van der Waals surface area (Å²) in [5, 5.41) is 0.914. The molecule has 1 N–H and O–H groups in total. The number of carbonyl (C=O) groups excluding carboxylic acids is 1. The lowest BCUT2D eigenvalue weighted by atomic mass is 10.1. The number of hydrogen-bond acceptors (Lipinski definition) is 2. The van der Waals surface area contributed by atoms with Gasteiger partial charge in [-0.3, -0.25) is 4.79 Å². The Bertz CT molecular complexity index is 508. The first-order valence-electron chi connectivity index (χ1n) is 4.16. The van der Waals surface area contributed by atoms with E-state index in [1.807, 2.05) is 0 Å². The zero-order chi connectivity index (χ0) is 10.8. The molecule has 0 bridgehead atoms. The highest BCUT2D eigenvalue weighted by atomic mass is 35.5. The number of H-pyrrole nitrogens is 1. The van der Waals surface area contributed by atoms with E-state index in [0.29, 0.717) is 27.7 Å². The van der Waals surface area contributed by atoms with Crippen LogP contribution in [0.3, 0.4) is 0 Å². The summed E-state index contributed by atoms with van der Waals surface area (Å²) in [5.74, 6) is 0. The first-order chi connectivity index (χ1) is 7.22. The van der Waals surface area contributed by atoms with Crippen LogP contribution in [-0.2, 0) is 0 Å². The standard InChI is InChI=1S/C10H6Cl2N2O/c11-7-2-1-6(3-8(7)12)10-9(4-15)13-5-14-10/h1-5H,(H,13,14). The molecule has 0 saturated heterocycles. The molecule has 15 heavy (non-hydrogen) atoms. The molecule has 5 heteroatoms. The number of aldehydes is 1. The minimum atomic E-state index is 0.424. The van der Waals surface area contributed by atoms with Crippen LogP contribution in [0.2, 0.25) is 10.0 Å². The van der Waals surface area contributed by atoms with Crippen LogP contribution >= 0.6 is 23.2 Å². The average molecular weight is 241 g/mol. The topological polar surface area (TPSA) is 45.8 Å². The molecular weight excluding hydrogens is 235 g/mol. The third kappa shape index (κ3) is 1.89. The fourth-order valence-electron chi connectivity index (χ4n) is 1.27. The second-order valence-electron chi connectivity index (χ2n) is 2.91. The maximum Gasteiger partial charge on any atom is 0.168 e. The summed E-state index contributed by atoms with van der Waals surface area (Å²) in [7, 11) is 0. The molecule has 0 aliphatic rings. The van der Waals surface area contributed by atoms with Crippen molar-refractivity contribution >= 4 is 29.5 Å². The van der Waals surface area contributed by atoms with E-state index < -0.39 is 0 Å². The molecule has 0 atom stereocenters. The van der Waals surface area contributed by atoms with E-state index in [1.54, 1.807) is 18.2 Å². The van der Waals surface area contributed by atoms with E-state index in [1.165, 1.54) is 6.33 Å². The largest absolute Gasteiger partial charge is 0.342 e. The van der Waals surface area contributed by atoms with Gasteiger partial charge in [-0.2, -0.15) is 0 Å². The maximum atomic E-state index is 10.7. The number of imidazole rings is 1. The number of benzene rings is 1. The van der Waals surface area contributed by atoms with E-state index in [9.17, 15) is 4.79 Å². The molecule has 76 valence electrons. The molecule has 2 rings (SSSR count). The van der Waals surface area contributed by atoms with Gasteiger partial charge in [0.2, 0.25) is 0 Å². The maximum absolute atomic E-state index is 10.7. The molecule has 0 amide bonds. The Balaban J connectivity index is 2.54. The van der Waals surface area contributed by atoms with Crippen molar-refractivity contribution in [2.45, 2.75) is 0 Å². The fourth-order valence-corrected chi connectivity index (χ4v) is 1.57. The predicted molar refractivity (Wildman–Crippen MR) is 59.4 cm³/mol. The third-order valence-electron chi connectivity index (χ3n) is 1.98. The molecule has 1 heterocycles. The van der Waals surface area contributed by atoms with E-state index >= 15 is 0 Å². The number of hydrogen-bond donors (Lipinski definition) is 1. The Kier molecular flexibility index (Phi) is 2.75. The molecule has 0 radical (unpaired) electrons. The van der Waals surface area contributed by atoms with Crippen LogP contribution in [0.1, 0.15) is 10.5 Å². The van der Waals surface area contributed by atoms with Gasteiger partial charge in [-0.25, -0.2) is 4.98 Å². The smallest absolute Gasteiger partial charge is 0.168 e. The Morgan fingerprint density at radius 3 is 2.73 bits per heavy atom. The van der Waals surface area contributed by atoms with E-state index in [-0.39, 0.29) is 0 Å². The lowest BCUT2D eigenvalue weighted by Gasteiger charge is -2.00. The van der Waals surface area contributed by atoms with Gasteiger partial charge in [0.05, 0.1) is 22.1 Å². The minimum absolute atomic E-state index is 0.424. The van der Waals surface area contributed by atoms with Crippen molar-refractivity contribution in [3.63, 3.8) is 0 Å². The first kappa shape index (κ1) is 10.2. The third-order valence-corrected chi connectivity index (χ3v) is 2.72. The first-order valence-corrected chi connectivity index (χ1v) is 4.92. The van der Waals surface area contributed by atoms with Gasteiger partial charge in [-0.15, -0.1) is 0 Å². The van der Waals surface area contributed by atoms with Gasteiger partial charge >= 0.3 is 0 Å². The molecule has 1 aromatic carbocycles. The van der Waals surface area contributed by atoms with Crippen molar-refractivity contribution in [3.05, 3.63) is 40.3 Å². The normalized spacial score (nSPS) is 10.3. The summed E-state index contributed by atoms with van der Waals surface area (Å²) >= 11 is 11.7. The molecule has 2 aromatic rings. The van der Waals surface area contributed by atoms with E-state index in [2.05, 4.69) is 9.97 Å². The summed E-state index contributed by atoms with van der Waals surface area (Å²) < 4.78 is 0. The lowest BCUT2D eigenvalue weighted by Crippen LogP contribution is -1.85. The summed E-state index contributed by atoms with van der Waals surface area (Å²) in [5.41, 5.74) is 1.75. The number of rotatable bonds is 2. The van der Waals surface area contributed by atoms with Crippen LogP contribution in [0.15, 0.2) is 24.5 Å². The van der Waals surface area contributed by atoms with Crippen LogP contribution in [0.25, 0.3) is 11.3 Å². The van der Waals surface area contributed by atoms with Crippen LogP contribution in [-0.4, -0.2) is 16.3 Å². The van der Waals surface area contributed by atoms with Gasteiger partial charge in [0.1, 0.15) is 5.69 Å².